The molecule has 0 saturated carbocycles. The van der Waals surface area contributed by atoms with Crippen molar-refractivity contribution in [2.24, 2.45) is 5.73 Å². The number of carbonyl (C=O) groups is 1. The Balaban J connectivity index is 3.22. The first-order valence-electron chi connectivity index (χ1n) is 5.85. The molecule has 1 atom stereocenters. The Morgan fingerprint density at radius 1 is 1.44 bits per heavy atom. The number of anilines is 1. The predicted molar refractivity (Wildman–Crippen MR) is 68.7 cm³/mol. The second-order valence-corrected chi connectivity index (χ2v) is 4.57. The van der Waals surface area contributed by atoms with Crippen molar-refractivity contribution in [2.75, 3.05) is 11.4 Å². The summed E-state index contributed by atoms with van der Waals surface area (Å²) >= 11 is 0. The average molecular weight is 254 g/mol. The number of primary amides is 1. The van der Waals surface area contributed by atoms with E-state index in [0.29, 0.717) is 11.3 Å². The summed E-state index contributed by atoms with van der Waals surface area (Å²) in [6.07, 6.45) is -0.815. The fraction of sp³-hybridized carbons (Fsp3) is 0.462. The van der Waals surface area contributed by atoms with Crippen molar-refractivity contribution in [1.82, 2.24) is 0 Å². The highest BCUT2D eigenvalue weighted by Crippen LogP contribution is 2.28. The van der Waals surface area contributed by atoms with E-state index in [1.807, 2.05) is 13.8 Å². The number of nitrogens with zero attached hydrogens (tertiary/aromatic N) is 1. The molecule has 0 bridgehead atoms. The molecule has 18 heavy (non-hydrogen) atoms. The summed E-state index contributed by atoms with van der Waals surface area (Å²) in [4.78, 5) is 12.8. The largest absolute Gasteiger partial charge is 0.389 e. The van der Waals surface area contributed by atoms with Crippen molar-refractivity contribution in [1.29, 1.82) is 0 Å². The van der Waals surface area contributed by atoms with Gasteiger partial charge in [0, 0.05) is 17.3 Å². The summed E-state index contributed by atoms with van der Waals surface area (Å²) in [5.41, 5.74) is 6.28. The fourth-order valence-electron chi connectivity index (χ4n) is 1.84. The molecule has 0 aliphatic rings. The van der Waals surface area contributed by atoms with Crippen molar-refractivity contribution in [3.8, 4) is 0 Å². The molecule has 0 radical (unpaired) electrons. The number of rotatable bonds is 5. The Bertz CT molecular complexity index is 433. The first-order valence-corrected chi connectivity index (χ1v) is 5.85. The minimum atomic E-state index is -0.815. The number of carbonyl (C=O) groups excluding carboxylic acids is 1. The van der Waals surface area contributed by atoms with E-state index in [9.17, 15) is 14.3 Å². The van der Waals surface area contributed by atoms with E-state index in [1.54, 1.807) is 17.9 Å². The van der Waals surface area contributed by atoms with Gasteiger partial charge in [0.25, 0.3) is 0 Å². The van der Waals surface area contributed by atoms with E-state index >= 15 is 0 Å². The fourth-order valence-corrected chi connectivity index (χ4v) is 1.84. The van der Waals surface area contributed by atoms with Crippen LogP contribution in [-0.2, 0) is 4.79 Å². The number of hydrogen-bond acceptors (Lipinski definition) is 3. The SMILES string of the molecule is CC(O)c1cc(F)ccc1N(CC(N)=O)C(C)C. The van der Waals surface area contributed by atoms with Crippen LogP contribution in [0, 0.1) is 5.82 Å². The van der Waals surface area contributed by atoms with Gasteiger partial charge in [-0.15, -0.1) is 0 Å². The lowest BCUT2D eigenvalue weighted by molar-refractivity contribution is -0.116. The van der Waals surface area contributed by atoms with Crippen LogP contribution in [0.3, 0.4) is 0 Å². The van der Waals surface area contributed by atoms with E-state index in [0.717, 1.165) is 0 Å². The minimum Gasteiger partial charge on any atom is -0.389 e. The van der Waals surface area contributed by atoms with Crippen molar-refractivity contribution in [2.45, 2.75) is 32.9 Å². The number of nitrogens with two attached hydrogens (primary N) is 1. The Morgan fingerprint density at radius 2 is 2.06 bits per heavy atom. The van der Waals surface area contributed by atoms with Gasteiger partial charge in [0.15, 0.2) is 0 Å². The molecule has 5 heteroatoms. The topological polar surface area (TPSA) is 66.6 Å². The third-order valence-electron chi connectivity index (χ3n) is 2.70. The van der Waals surface area contributed by atoms with Crippen LogP contribution in [0.1, 0.15) is 32.4 Å². The lowest BCUT2D eigenvalue weighted by atomic mass is 10.1. The van der Waals surface area contributed by atoms with Crippen LogP contribution in [0.4, 0.5) is 10.1 Å². The summed E-state index contributed by atoms with van der Waals surface area (Å²) in [7, 11) is 0. The zero-order valence-electron chi connectivity index (χ0n) is 10.9. The Kier molecular flexibility index (Phi) is 4.67. The number of hydrogen-bond donors (Lipinski definition) is 2. The Morgan fingerprint density at radius 3 is 2.50 bits per heavy atom. The molecule has 1 unspecified atom stereocenters. The molecule has 4 nitrogen and oxygen atoms in total. The molecule has 1 aromatic rings. The maximum Gasteiger partial charge on any atom is 0.236 e. The Labute approximate surface area is 106 Å². The second-order valence-electron chi connectivity index (χ2n) is 4.57. The van der Waals surface area contributed by atoms with Gasteiger partial charge < -0.3 is 15.7 Å². The molecule has 1 amide bonds. The number of aliphatic hydroxyl groups excluding tert-OH is 1. The van der Waals surface area contributed by atoms with E-state index in [-0.39, 0.29) is 12.6 Å². The molecule has 0 saturated heterocycles. The molecule has 0 fully saturated rings. The van der Waals surface area contributed by atoms with E-state index < -0.39 is 17.8 Å². The van der Waals surface area contributed by atoms with Gasteiger partial charge in [0.1, 0.15) is 5.82 Å². The third kappa shape index (κ3) is 3.43. The molecule has 1 rings (SSSR count). The van der Waals surface area contributed by atoms with E-state index in [4.69, 9.17) is 5.73 Å². The summed E-state index contributed by atoms with van der Waals surface area (Å²) in [6, 6.07) is 4.15. The predicted octanol–water partition coefficient (Wildman–Crippen LogP) is 1.58. The average Bonchev–Trinajstić information content (AvgIpc) is 2.25. The second kappa shape index (κ2) is 5.82. The molecule has 1 aromatic carbocycles. The van der Waals surface area contributed by atoms with Crippen LogP contribution < -0.4 is 10.6 Å². The van der Waals surface area contributed by atoms with E-state index in [2.05, 4.69) is 0 Å². The van der Waals surface area contributed by atoms with Crippen LogP contribution in [0.2, 0.25) is 0 Å². The van der Waals surface area contributed by atoms with Gasteiger partial charge in [0.2, 0.25) is 5.91 Å². The van der Waals surface area contributed by atoms with E-state index in [1.165, 1.54) is 12.1 Å². The van der Waals surface area contributed by atoms with Crippen molar-refractivity contribution >= 4 is 11.6 Å². The molecule has 0 aliphatic heterocycles. The van der Waals surface area contributed by atoms with Crippen molar-refractivity contribution in [3.63, 3.8) is 0 Å². The highest BCUT2D eigenvalue weighted by atomic mass is 19.1. The summed E-state index contributed by atoms with van der Waals surface area (Å²) < 4.78 is 13.2. The third-order valence-corrected chi connectivity index (χ3v) is 2.70. The maximum absolute atomic E-state index is 13.2. The summed E-state index contributed by atoms with van der Waals surface area (Å²) in [6.45, 7) is 5.39. The highest BCUT2D eigenvalue weighted by molar-refractivity contribution is 5.80. The zero-order chi connectivity index (χ0) is 13.9. The molecule has 0 heterocycles. The van der Waals surface area contributed by atoms with Crippen LogP contribution in [-0.4, -0.2) is 23.6 Å². The van der Waals surface area contributed by atoms with Gasteiger partial charge in [-0.05, 0) is 39.0 Å². The maximum atomic E-state index is 13.2. The first kappa shape index (κ1) is 14.4. The number of benzene rings is 1. The lowest BCUT2D eigenvalue weighted by Gasteiger charge is -2.30. The normalized spacial score (nSPS) is 12.6. The van der Waals surface area contributed by atoms with Gasteiger partial charge in [-0.2, -0.15) is 0 Å². The van der Waals surface area contributed by atoms with Crippen molar-refractivity contribution in [3.05, 3.63) is 29.6 Å². The lowest BCUT2D eigenvalue weighted by Crippen LogP contribution is -2.39. The molecule has 3 N–H and O–H groups in total. The number of aliphatic hydroxyl groups is 1. The first-order chi connectivity index (χ1) is 8.32. The van der Waals surface area contributed by atoms with Crippen LogP contribution in [0.5, 0.6) is 0 Å². The van der Waals surface area contributed by atoms with Gasteiger partial charge in [-0.1, -0.05) is 0 Å². The smallest absolute Gasteiger partial charge is 0.236 e. The molecular weight excluding hydrogens is 235 g/mol. The molecule has 100 valence electrons. The highest BCUT2D eigenvalue weighted by Gasteiger charge is 2.19. The standard InChI is InChI=1S/C13H19FN2O2/c1-8(2)16(7-13(15)18)12-5-4-10(14)6-11(12)9(3)17/h4-6,8-9,17H,7H2,1-3H3,(H2,15,18). The van der Waals surface area contributed by atoms with Crippen LogP contribution >= 0.6 is 0 Å². The number of amides is 1. The van der Waals surface area contributed by atoms with Gasteiger partial charge >= 0.3 is 0 Å². The van der Waals surface area contributed by atoms with Crippen molar-refractivity contribution < 1.29 is 14.3 Å². The molecule has 0 aromatic heterocycles. The summed E-state index contributed by atoms with van der Waals surface area (Å²) in [5.74, 6) is -0.887. The number of halogens is 1. The minimum absolute atomic E-state index is 0.0143. The monoisotopic (exact) mass is 254 g/mol. The molecule has 0 aliphatic carbocycles. The van der Waals surface area contributed by atoms with Gasteiger partial charge in [-0.3, -0.25) is 4.79 Å². The van der Waals surface area contributed by atoms with Gasteiger partial charge in [0.05, 0.1) is 12.6 Å². The Hall–Kier alpha value is -1.62. The van der Waals surface area contributed by atoms with Crippen LogP contribution in [0.15, 0.2) is 18.2 Å². The molecule has 0 spiro atoms. The zero-order valence-corrected chi connectivity index (χ0v) is 10.9. The summed E-state index contributed by atoms with van der Waals surface area (Å²) in [5, 5.41) is 9.68. The quantitative estimate of drug-likeness (QED) is 0.838. The van der Waals surface area contributed by atoms with Crippen LogP contribution in [0.25, 0.3) is 0 Å². The molecular formula is C13H19FN2O2. The van der Waals surface area contributed by atoms with Gasteiger partial charge in [-0.25, -0.2) is 4.39 Å².